The molecule has 4 aromatic carbocycles. The molecular formula is C32H32N2O4. The van der Waals surface area contributed by atoms with E-state index in [1.807, 2.05) is 71.6 Å². The van der Waals surface area contributed by atoms with Gasteiger partial charge in [-0.1, -0.05) is 72.8 Å². The van der Waals surface area contributed by atoms with E-state index in [1.54, 1.807) is 13.2 Å². The molecule has 0 bridgehead atoms. The molecule has 1 N–H and O–H groups in total. The molecule has 4 aromatic rings. The minimum absolute atomic E-state index is 0.0926. The molecule has 6 heteroatoms. The van der Waals surface area contributed by atoms with Gasteiger partial charge in [0.05, 0.1) is 13.2 Å². The molecule has 6 nitrogen and oxygen atoms in total. The number of hydrogen-bond donors (Lipinski definition) is 1. The van der Waals surface area contributed by atoms with E-state index < -0.39 is 0 Å². The van der Waals surface area contributed by atoms with E-state index in [9.17, 15) is 4.79 Å². The normalized spacial score (nSPS) is 15.1. The summed E-state index contributed by atoms with van der Waals surface area (Å²) < 4.78 is 17.6. The monoisotopic (exact) mass is 508 g/mol. The molecule has 0 aliphatic carbocycles. The van der Waals surface area contributed by atoms with E-state index in [4.69, 9.17) is 14.2 Å². The highest BCUT2D eigenvalue weighted by molar-refractivity contribution is 5.78. The topological polar surface area (TPSA) is 60.0 Å². The standard InChI is InChI=1S/C32H32N2O4/c1-36-28-14-9-15-29(19-28)37-23-32(35)34-21-26-13-5-7-16-30(26)33-20-25-12-6-8-17-31(25)38-22-27(34)18-24-10-3-2-4-11-24/h2-17,19,27,33H,18,20-23H2,1H3/t27-/m0/s1. The van der Waals surface area contributed by atoms with Gasteiger partial charge >= 0.3 is 0 Å². The Balaban J connectivity index is 1.48. The fraction of sp³-hybridized carbons (Fsp3) is 0.219. The number of ether oxygens (including phenoxy) is 3. The van der Waals surface area contributed by atoms with Gasteiger partial charge in [0.1, 0.15) is 23.9 Å². The number of nitrogens with zero attached hydrogens (tertiary/aromatic N) is 1. The molecule has 1 aliphatic heterocycles. The second kappa shape index (κ2) is 12.2. The molecule has 0 fully saturated rings. The van der Waals surface area contributed by atoms with Gasteiger partial charge in [-0.3, -0.25) is 4.79 Å². The van der Waals surface area contributed by atoms with Gasteiger partial charge < -0.3 is 24.4 Å². The minimum Gasteiger partial charge on any atom is -0.497 e. The Bertz CT molecular complexity index is 1360. The van der Waals surface area contributed by atoms with Crippen LogP contribution in [0.3, 0.4) is 0 Å². The lowest BCUT2D eigenvalue weighted by atomic mass is 10.0. The number of benzene rings is 4. The van der Waals surface area contributed by atoms with E-state index >= 15 is 0 Å². The van der Waals surface area contributed by atoms with Gasteiger partial charge in [-0.2, -0.15) is 0 Å². The molecule has 1 atom stereocenters. The van der Waals surface area contributed by atoms with Crippen molar-refractivity contribution in [1.82, 2.24) is 4.90 Å². The van der Waals surface area contributed by atoms with Crippen molar-refractivity contribution in [3.8, 4) is 17.2 Å². The summed E-state index contributed by atoms with van der Waals surface area (Å²) in [7, 11) is 1.61. The summed E-state index contributed by atoms with van der Waals surface area (Å²) in [6.45, 7) is 1.33. The van der Waals surface area contributed by atoms with Crippen molar-refractivity contribution in [2.24, 2.45) is 0 Å². The minimum atomic E-state index is -0.210. The van der Waals surface area contributed by atoms with E-state index in [0.717, 1.165) is 28.1 Å². The molecule has 1 aliphatic rings. The Labute approximate surface area is 223 Å². The van der Waals surface area contributed by atoms with Gasteiger partial charge in [0.2, 0.25) is 0 Å². The number of fused-ring (bicyclic) bond motifs is 2. The van der Waals surface area contributed by atoms with Gasteiger partial charge in [-0.05, 0) is 41.8 Å². The van der Waals surface area contributed by atoms with E-state index in [1.165, 1.54) is 0 Å². The first-order valence-corrected chi connectivity index (χ1v) is 12.8. The number of anilines is 1. The lowest BCUT2D eigenvalue weighted by molar-refractivity contribution is -0.137. The van der Waals surface area contributed by atoms with Crippen LogP contribution in [-0.2, 0) is 24.3 Å². The summed E-state index contributed by atoms with van der Waals surface area (Å²) >= 11 is 0. The number of rotatable bonds is 6. The van der Waals surface area contributed by atoms with Crippen LogP contribution in [0.15, 0.2) is 103 Å². The second-order valence-corrected chi connectivity index (χ2v) is 9.26. The Morgan fingerprint density at radius 3 is 2.47 bits per heavy atom. The van der Waals surface area contributed by atoms with Crippen LogP contribution in [0.4, 0.5) is 5.69 Å². The van der Waals surface area contributed by atoms with Crippen molar-refractivity contribution in [2.45, 2.75) is 25.6 Å². The number of para-hydroxylation sites is 2. The molecule has 0 saturated heterocycles. The molecular weight excluding hydrogens is 476 g/mol. The number of carbonyl (C=O) groups is 1. The quantitative estimate of drug-likeness (QED) is 0.361. The van der Waals surface area contributed by atoms with Crippen LogP contribution in [0, 0.1) is 0 Å². The maximum atomic E-state index is 13.8. The van der Waals surface area contributed by atoms with Crippen molar-refractivity contribution in [3.05, 3.63) is 120 Å². The molecule has 1 heterocycles. The van der Waals surface area contributed by atoms with Crippen molar-refractivity contribution < 1.29 is 19.0 Å². The van der Waals surface area contributed by atoms with Crippen LogP contribution in [-0.4, -0.2) is 37.2 Å². The number of methoxy groups -OCH3 is 1. The summed E-state index contributed by atoms with van der Waals surface area (Å²) in [4.78, 5) is 15.7. The third kappa shape index (κ3) is 6.27. The van der Waals surface area contributed by atoms with Crippen LogP contribution < -0.4 is 19.5 Å². The third-order valence-corrected chi connectivity index (χ3v) is 6.71. The lowest BCUT2D eigenvalue weighted by Gasteiger charge is -2.32. The fourth-order valence-corrected chi connectivity index (χ4v) is 4.67. The van der Waals surface area contributed by atoms with Crippen LogP contribution in [0.1, 0.15) is 16.7 Å². The van der Waals surface area contributed by atoms with Crippen LogP contribution in [0.5, 0.6) is 17.2 Å². The molecule has 5 rings (SSSR count). The van der Waals surface area contributed by atoms with Gasteiger partial charge in [-0.15, -0.1) is 0 Å². The maximum absolute atomic E-state index is 13.8. The van der Waals surface area contributed by atoms with Gasteiger partial charge in [0, 0.05) is 30.4 Å². The first-order valence-electron chi connectivity index (χ1n) is 12.8. The van der Waals surface area contributed by atoms with Crippen molar-refractivity contribution in [3.63, 3.8) is 0 Å². The summed E-state index contributed by atoms with van der Waals surface area (Å²) in [6.07, 6.45) is 0.656. The molecule has 0 spiro atoms. The number of carbonyl (C=O) groups excluding carboxylic acids is 1. The average Bonchev–Trinajstić information content (AvgIpc) is 3.00. The highest BCUT2D eigenvalue weighted by atomic mass is 16.5. The van der Waals surface area contributed by atoms with Crippen molar-refractivity contribution >= 4 is 11.6 Å². The SMILES string of the molecule is COc1cccc(OCC(=O)N2Cc3ccccc3NCc3ccccc3OC[C@@H]2Cc2ccccc2)c1. The number of hydrogen-bond acceptors (Lipinski definition) is 5. The predicted octanol–water partition coefficient (Wildman–Crippen LogP) is 5.72. The second-order valence-electron chi connectivity index (χ2n) is 9.26. The molecule has 38 heavy (non-hydrogen) atoms. The number of amides is 1. The third-order valence-electron chi connectivity index (χ3n) is 6.71. The average molecular weight is 509 g/mol. The van der Waals surface area contributed by atoms with Gasteiger partial charge in [-0.25, -0.2) is 0 Å². The highest BCUT2D eigenvalue weighted by Crippen LogP contribution is 2.26. The van der Waals surface area contributed by atoms with Gasteiger partial charge in [0.15, 0.2) is 6.61 Å². The molecule has 1 amide bonds. The lowest BCUT2D eigenvalue weighted by Crippen LogP contribution is -2.46. The Kier molecular flexibility index (Phi) is 8.09. The predicted molar refractivity (Wildman–Crippen MR) is 149 cm³/mol. The summed E-state index contributed by atoms with van der Waals surface area (Å²) in [5.74, 6) is 1.97. The van der Waals surface area contributed by atoms with Crippen LogP contribution in [0.25, 0.3) is 0 Å². The number of nitrogens with one attached hydrogen (secondary N) is 1. The van der Waals surface area contributed by atoms with E-state index in [-0.39, 0.29) is 18.6 Å². The summed E-state index contributed by atoms with van der Waals surface area (Å²) in [5, 5.41) is 3.55. The van der Waals surface area contributed by atoms with Crippen LogP contribution >= 0.6 is 0 Å². The molecule has 0 saturated carbocycles. The van der Waals surface area contributed by atoms with E-state index in [0.29, 0.717) is 37.6 Å². The smallest absolute Gasteiger partial charge is 0.261 e. The first kappa shape index (κ1) is 25.2. The maximum Gasteiger partial charge on any atom is 0.261 e. The summed E-state index contributed by atoms with van der Waals surface area (Å²) in [6, 6.07) is 33.5. The zero-order valence-electron chi connectivity index (χ0n) is 21.5. The molecule has 0 radical (unpaired) electrons. The molecule has 0 unspecified atom stereocenters. The fourth-order valence-electron chi connectivity index (χ4n) is 4.67. The summed E-state index contributed by atoms with van der Waals surface area (Å²) in [5.41, 5.74) is 4.25. The Morgan fingerprint density at radius 2 is 1.63 bits per heavy atom. The van der Waals surface area contributed by atoms with Crippen molar-refractivity contribution in [2.75, 3.05) is 25.6 Å². The Morgan fingerprint density at radius 1 is 0.895 bits per heavy atom. The van der Waals surface area contributed by atoms with Gasteiger partial charge in [0.25, 0.3) is 5.91 Å². The highest BCUT2D eigenvalue weighted by Gasteiger charge is 2.27. The van der Waals surface area contributed by atoms with Crippen LogP contribution in [0.2, 0.25) is 0 Å². The van der Waals surface area contributed by atoms with Crippen molar-refractivity contribution in [1.29, 1.82) is 0 Å². The zero-order chi connectivity index (χ0) is 26.2. The first-order chi connectivity index (χ1) is 18.7. The zero-order valence-corrected chi connectivity index (χ0v) is 21.5. The molecule has 194 valence electrons. The molecule has 0 aromatic heterocycles. The van der Waals surface area contributed by atoms with E-state index in [2.05, 4.69) is 35.6 Å². The largest absolute Gasteiger partial charge is 0.497 e. The Hall–Kier alpha value is -4.45.